The van der Waals surface area contributed by atoms with Crippen molar-refractivity contribution < 1.29 is 4.79 Å². The zero-order chi connectivity index (χ0) is 17.8. The van der Waals surface area contributed by atoms with Gasteiger partial charge in [0.15, 0.2) is 0 Å². The molecule has 0 saturated carbocycles. The molecular formula is C20H20N2OS3. The summed E-state index contributed by atoms with van der Waals surface area (Å²) < 4.78 is 0. The van der Waals surface area contributed by atoms with Crippen molar-refractivity contribution in [3.05, 3.63) is 68.8 Å². The highest BCUT2D eigenvalue weighted by Crippen LogP contribution is 2.32. The molecule has 1 aliphatic rings. The summed E-state index contributed by atoms with van der Waals surface area (Å²) in [5, 5.41) is 5.27. The molecule has 1 saturated heterocycles. The fourth-order valence-corrected chi connectivity index (χ4v) is 5.87. The number of aromatic nitrogens is 1. The Bertz CT molecular complexity index is 846. The molecule has 1 amide bonds. The Balaban J connectivity index is 1.48. The summed E-state index contributed by atoms with van der Waals surface area (Å²) in [4.78, 5) is 22.1. The van der Waals surface area contributed by atoms with Gasteiger partial charge in [-0.05, 0) is 36.4 Å². The molecule has 1 aromatic carbocycles. The van der Waals surface area contributed by atoms with Crippen LogP contribution in [0.5, 0.6) is 0 Å². The van der Waals surface area contributed by atoms with Gasteiger partial charge < -0.3 is 4.90 Å². The second-order valence-electron chi connectivity index (χ2n) is 6.32. The molecule has 0 radical (unpaired) electrons. The van der Waals surface area contributed by atoms with E-state index in [0.717, 1.165) is 47.2 Å². The molecule has 0 aliphatic carbocycles. The van der Waals surface area contributed by atoms with Gasteiger partial charge in [0.1, 0.15) is 0 Å². The van der Waals surface area contributed by atoms with Crippen LogP contribution in [0.4, 0.5) is 0 Å². The first-order valence-electron chi connectivity index (χ1n) is 8.74. The van der Waals surface area contributed by atoms with Crippen molar-refractivity contribution in [2.24, 2.45) is 0 Å². The highest BCUT2D eigenvalue weighted by Gasteiger charge is 2.27. The van der Waals surface area contributed by atoms with Gasteiger partial charge in [-0.3, -0.25) is 4.79 Å². The van der Waals surface area contributed by atoms with Crippen molar-refractivity contribution in [1.29, 1.82) is 0 Å². The average molecular weight is 401 g/mol. The minimum atomic E-state index is 0.153. The van der Waals surface area contributed by atoms with E-state index in [9.17, 15) is 4.79 Å². The van der Waals surface area contributed by atoms with Gasteiger partial charge in [0.05, 0.1) is 10.6 Å². The lowest BCUT2D eigenvalue weighted by Crippen LogP contribution is -2.39. The highest BCUT2D eigenvalue weighted by molar-refractivity contribution is 7.98. The van der Waals surface area contributed by atoms with Crippen LogP contribution in [0.25, 0.3) is 0 Å². The fraction of sp³-hybridized carbons (Fsp3) is 0.300. The predicted molar refractivity (Wildman–Crippen MR) is 110 cm³/mol. The number of thiophene rings is 1. The van der Waals surface area contributed by atoms with E-state index in [0.29, 0.717) is 5.92 Å². The summed E-state index contributed by atoms with van der Waals surface area (Å²) >= 11 is 5.21. The van der Waals surface area contributed by atoms with E-state index in [2.05, 4.69) is 28.6 Å². The van der Waals surface area contributed by atoms with Crippen LogP contribution in [0.2, 0.25) is 0 Å². The van der Waals surface area contributed by atoms with Crippen LogP contribution in [0.15, 0.2) is 58.3 Å². The SMILES string of the molecule is O=C(c1ccccc1SCc1cccs1)N1CCCC(c2nccs2)C1. The number of thioether (sulfide) groups is 1. The quantitative estimate of drug-likeness (QED) is 0.529. The highest BCUT2D eigenvalue weighted by atomic mass is 32.2. The van der Waals surface area contributed by atoms with Crippen LogP contribution < -0.4 is 0 Å². The smallest absolute Gasteiger partial charge is 0.255 e. The number of thiazole rings is 1. The van der Waals surface area contributed by atoms with Gasteiger partial charge >= 0.3 is 0 Å². The normalized spacial score (nSPS) is 17.4. The molecule has 134 valence electrons. The third-order valence-corrected chi connectivity index (χ3v) is 7.70. The minimum Gasteiger partial charge on any atom is -0.338 e. The maximum absolute atomic E-state index is 13.2. The van der Waals surface area contributed by atoms with E-state index in [1.807, 2.05) is 34.7 Å². The molecular weight excluding hydrogens is 380 g/mol. The summed E-state index contributed by atoms with van der Waals surface area (Å²) in [6.45, 7) is 1.61. The first-order chi connectivity index (χ1) is 12.8. The minimum absolute atomic E-state index is 0.153. The van der Waals surface area contributed by atoms with Gasteiger partial charge in [-0.25, -0.2) is 4.98 Å². The van der Waals surface area contributed by atoms with Gasteiger partial charge in [-0.15, -0.1) is 34.4 Å². The summed E-state index contributed by atoms with van der Waals surface area (Å²) in [7, 11) is 0. The Hall–Kier alpha value is -1.63. The second kappa shape index (κ2) is 8.37. The number of piperidine rings is 1. The zero-order valence-corrected chi connectivity index (χ0v) is 16.8. The second-order valence-corrected chi connectivity index (χ2v) is 9.30. The Kier molecular flexibility index (Phi) is 5.72. The zero-order valence-electron chi connectivity index (χ0n) is 14.3. The van der Waals surface area contributed by atoms with Crippen LogP contribution >= 0.6 is 34.4 Å². The lowest BCUT2D eigenvalue weighted by Gasteiger charge is -2.32. The van der Waals surface area contributed by atoms with E-state index in [4.69, 9.17) is 0 Å². The van der Waals surface area contributed by atoms with E-state index in [1.165, 1.54) is 4.88 Å². The molecule has 26 heavy (non-hydrogen) atoms. The maximum Gasteiger partial charge on any atom is 0.255 e. The molecule has 1 aliphatic heterocycles. The van der Waals surface area contributed by atoms with Gasteiger partial charge in [-0.1, -0.05) is 18.2 Å². The van der Waals surface area contributed by atoms with Crippen molar-refractivity contribution in [3.8, 4) is 0 Å². The summed E-state index contributed by atoms with van der Waals surface area (Å²) in [6, 6.07) is 12.2. The Morgan fingerprint density at radius 3 is 2.92 bits per heavy atom. The maximum atomic E-state index is 13.2. The molecule has 4 rings (SSSR count). The molecule has 0 spiro atoms. The number of rotatable bonds is 5. The lowest BCUT2D eigenvalue weighted by atomic mass is 9.98. The van der Waals surface area contributed by atoms with Crippen molar-refractivity contribution in [3.63, 3.8) is 0 Å². The Morgan fingerprint density at radius 2 is 2.12 bits per heavy atom. The first-order valence-corrected chi connectivity index (χ1v) is 11.5. The molecule has 1 unspecified atom stereocenters. The monoisotopic (exact) mass is 400 g/mol. The molecule has 6 heteroatoms. The fourth-order valence-electron chi connectivity index (χ4n) is 3.28. The van der Waals surface area contributed by atoms with Crippen molar-refractivity contribution in [1.82, 2.24) is 9.88 Å². The molecule has 1 fully saturated rings. The van der Waals surface area contributed by atoms with Crippen LogP contribution in [-0.4, -0.2) is 28.9 Å². The van der Waals surface area contributed by atoms with Crippen molar-refractivity contribution in [2.75, 3.05) is 13.1 Å². The van der Waals surface area contributed by atoms with Crippen LogP contribution in [0.1, 0.15) is 39.0 Å². The molecule has 1 atom stereocenters. The number of nitrogens with zero attached hydrogens (tertiary/aromatic N) is 2. The van der Waals surface area contributed by atoms with Crippen LogP contribution in [0.3, 0.4) is 0 Å². The van der Waals surface area contributed by atoms with Gasteiger partial charge in [0.2, 0.25) is 0 Å². The first kappa shape index (κ1) is 17.8. The molecule has 3 nitrogen and oxygen atoms in total. The average Bonchev–Trinajstić information content (AvgIpc) is 3.40. The summed E-state index contributed by atoms with van der Waals surface area (Å²) in [5.74, 6) is 1.43. The number of carbonyl (C=O) groups is 1. The number of benzene rings is 1. The van der Waals surface area contributed by atoms with Gasteiger partial charge in [0, 0.05) is 46.1 Å². The van der Waals surface area contributed by atoms with E-state index in [-0.39, 0.29) is 5.91 Å². The van der Waals surface area contributed by atoms with Crippen molar-refractivity contribution >= 4 is 40.3 Å². The third-order valence-electron chi connectivity index (χ3n) is 4.58. The molecule has 2 aromatic heterocycles. The Labute approximate surface area is 166 Å². The van der Waals surface area contributed by atoms with E-state index >= 15 is 0 Å². The standard InChI is InChI=1S/C20H20N2OS3/c23-20(22-10-3-5-15(13-22)19-21-9-12-25-19)17-7-1-2-8-18(17)26-14-16-6-4-11-24-16/h1-2,4,6-9,11-12,15H,3,5,10,13-14H2. The van der Waals surface area contributed by atoms with Gasteiger partial charge in [0.25, 0.3) is 5.91 Å². The predicted octanol–water partition coefficient (Wildman–Crippen LogP) is 5.52. The Morgan fingerprint density at radius 1 is 1.19 bits per heavy atom. The van der Waals surface area contributed by atoms with Crippen LogP contribution in [0, 0.1) is 0 Å². The molecule has 0 N–H and O–H groups in total. The van der Waals surface area contributed by atoms with Crippen LogP contribution in [-0.2, 0) is 5.75 Å². The number of hydrogen-bond acceptors (Lipinski definition) is 5. The molecule has 0 bridgehead atoms. The van der Waals surface area contributed by atoms with E-state index < -0.39 is 0 Å². The molecule has 3 aromatic rings. The third kappa shape index (κ3) is 4.03. The topological polar surface area (TPSA) is 33.2 Å². The lowest BCUT2D eigenvalue weighted by molar-refractivity contribution is 0.0703. The van der Waals surface area contributed by atoms with Gasteiger partial charge in [-0.2, -0.15) is 0 Å². The van der Waals surface area contributed by atoms with E-state index in [1.54, 1.807) is 34.4 Å². The summed E-state index contributed by atoms with van der Waals surface area (Å²) in [6.07, 6.45) is 4.02. The van der Waals surface area contributed by atoms with Crippen molar-refractivity contribution in [2.45, 2.75) is 29.4 Å². The summed E-state index contributed by atoms with van der Waals surface area (Å²) in [5.41, 5.74) is 0.828. The molecule has 3 heterocycles. The number of carbonyl (C=O) groups excluding carboxylic acids is 1. The number of likely N-dealkylation sites (tertiary alicyclic amines) is 1. The number of amides is 1. The largest absolute Gasteiger partial charge is 0.338 e. The number of hydrogen-bond donors (Lipinski definition) is 0.